The molecule has 0 N–H and O–H groups in total. The van der Waals surface area contributed by atoms with E-state index in [1.165, 1.54) is 11.8 Å². The molecule has 3 aromatic rings. The molecule has 3 rings (SSSR count). The number of aromatic nitrogens is 4. The number of thiophene rings is 1. The highest BCUT2D eigenvalue weighted by atomic mass is 32.2. The molecule has 0 fully saturated rings. The van der Waals surface area contributed by atoms with Crippen LogP contribution in [0.15, 0.2) is 25.6 Å². The minimum Gasteiger partial charge on any atom is -0.410 e. The van der Waals surface area contributed by atoms with Crippen molar-refractivity contribution in [1.29, 1.82) is 0 Å². The maximum atomic E-state index is 5.72. The fourth-order valence-electron chi connectivity index (χ4n) is 1.79. The van der Waals surface area contributed by atoms with E-state index in [1.54, 1.807) is 11.3 Å². The van der Waals surface area contributed by atoms with Crippen molar-refractivity contribution in [1.82, 2.24) is 20.3 Å². The minimum absolute atomic E-state index is 0.0438. The molecule has 6 nitrogen and oxygen atoms in total. The molecule has 3 aromatic heterocycles. The molecule has 3 heterocycles. The van der Waals surface area contributed by atoms with E-state index < -0.39 is 0 Å². The van der Waals surface area contributed by atoms with Crippen molar-refractivity contribution in [2.24, 2.45) is 0 Å². The summed E-state index contributed by atoms with van der Waals surface area (Å²) >= 11 is 3.01. The summed E-state index contributed by atoms with van der Waals surface area (Å²) in [6.07, 6.45) is 0. The Morgan fingerprint density at radius 2 is 2.05 bits per heavy atom. The van der Waals surface area contributed by atoms with Gasteiger partial charge in [0.2, 0.25) is 5.89 Å². The third-order valence-corrected chi connectivity index (χ3v) is 4.99. The predicted octanol–water partition coefficient (Wildman–Crippen LogP) is 4.47. The Morgan fingerprint density at radius 1 is 1.23 bits per heavy atom. The SMILES string of the molecule is Cc1ccsc1-c1nnc(S[C@H](C)c2nc(C(C)C)no2)o1. The number of hydrogen-bond acceptors (Lipinski definition) is 8. The van der Waals surface area contributed by atoms with Crippen molar-refractivity contribution >= 4 is 23.1 Å². The first-order valence-electron chi connectivity index (χ1n) is 6.92. The zero-order valence-electron chi connectivity index (χ0n) is 12.7. The topological polar surface area (TPSA) is 77.8 Å². The van der Waals surface area contributed by atoms with E-state index in [-0.39, 0.29) is 11.2 Å². The normalized spacial score (nSPS) is 13.0. The molecule has 0 aliphatic heterocycles. The summed E-state index contributed by atoms with van der Waals surface area (Å²) in [7, 11) is 0. The van der Waals surface area contributed by atoms with Crippen LogP contribution in [-0.4, -0.2) is 20.3 Å². The lowest BCUT2D eigenvalue weighted by Crippen LogP contribution is -1.92. The third kappa shape index (κ3) is 3.07. The van der Waals surface area contributed by atoms with Crippen molar-refractivity contribution in [3.05, 3.63) is 28.7 Å². The standard InChI is InChI=1S/C14H16N4O2S2/c1-7(2)11-15-12(20-18-11)9(4)22-14-17-16-13(19-14)10-8(3)5-6-21-10/h5-7,9H,1-4H3/t9-/m1/s1. The monoisotopic (exact) mass is 336 g/mol. The fourth-order valence-corrected chi connectivity index (χ4v) is 3.35. The van der Waals surface area contributed by atoms with Gasteiger partial charge in [-0.05, 0) is 30.9 Å². The van der Waals surface area contributed by atoms with Crippen molar-refractivity contribution < 1.29 is 8.94 Å². The van der Waals surface area contributed by atoms with Crippen LogP contribution in [0.4, 0.5) is 0 Å². The molecule has 8 heteroatoms. The van der Waals surface area contributed by atoms with Crippen molar-refractivity contribution in [2.45, 2.75) is 44.1 Å². The maximum Gasteiger partial charge on any atom is 0.277 e. The first-order chi connectivity index (χ1) is 10.5. The molecular weight excluding hydrogens is 320 g/mol. The van der Waals surface area contributed by atoms with Crippen molar-refractivity contribution in [2.75, 3.05) is 0 Å². The molecule has 116 valence electrons. The number of rotatable bonds is 5. The molecule has 0 aliphatic rings. The zero-order valence-corrected chi connectivity index (χ0v) is 14.4. The Hall–Kier alpha value is -1.67. The summed E-state index contributed by atoms with van der Waals surface area (Å²) in [4.78, 5) is 5.40. The average Bonchev–Trinajstić information content (AvgIpc) is 3.17. The molecule has 0 saturated heterocycles. The van der Waals surface area contributed by atoms with Crippen LogP contribution in [0.2, 0.25) is 0 Å². The second-order valence-corrected chi connectivity index (χ2v) is 7.42. The van der Waals surface area contributed by atoms with E-state index >= 15 is 0 Å². The number of aryl methyl sites for hydroxylation is 1. The van der Waals surface area contributed by atoms with Gasteiger partial charge in [0.05, 0.1) is 10.1 Å². The zero-order chi connectivity index (χ0) is 15.7. The van der Waals surface area contributed by atoms with Crippen LogP contribution in [-0.2, 0) is 0 Å². The lowest BCUT2D eigenvalue weighted by atomic mass is 10.2. The van der Waals surface area contributed by atoms with Gasteiger partial charge in [0, 0.05) is 5.92 Å². The summed E-state index contributed by atoms with van der Waals surface area (Å²) in [5.41, 5.74) is 1.14. The van der Waals surface area contributed by atoms with Crippen LogP contribution in [0, 0.1) is 6.92 Å². The van der Waals surface area contributed by atoms with E-state index in [2.05, 4.69) is 20.3 Å². The Bertz CT molecular complexity index is 762. The van der Waals surface area contributed by atoms with Gasteiger partial charge in [-0.15, -0.1) is 21.5 Å². The van der Waals surface area contributed by atoms with Crippen LogP contribution in [0.3, 0.4) is 0 Å². The molecule has 0 saturated carbocycles. The molecule has 0 aliphatic carbocycles. The summed E-state index contributed by atoms with van der Waals surface area (Å²) in [6.45, 7) is 8.06. The van der Waals surface area contributed by atoms with Gasteiger partial charge in [0.25, 0.3) is 11.1 Å². The third-order valence-electron chi connectivity index (χ3n) is 3.06. The molecule has 0 radical (unpaired) electrons. The lowest BCUT2D eigenvalue weighted by molar-refractivity contribution is 0.372. The Kier molecular flexibility index (Phi) is 4.30. The highest BCUT2D eigenvalue weighted by Gasteiger charge is 2.20. The van der Waals surface area contributed by atoms with Gasteiger partial charge in [0.15, 0.2) is 5.82 Å². The Labute approximate surface area is 136 Å². The quantitative estimate of drug-likeness (QED) is 0.636. The van der Waals surface area contributed by atoms with E-state index in [0.29, 0.717) is 22.8 Å². The van der Waals surface area contributed by atoms with Crippen LogP contribution < -0.4 is 0 Å². The van der Waals surface area contributed by atoms with Gasteiger partial charge < -0.3 is 8.94 Å². The summed E-state index contributed by atoms with van der Waals surface area (Å²) in [5, 5.41) is 14.6. The second kappa shape index (κ2) is 6.21. The van der Waals surface area contributed by atoms with Crippen LogP contribution in [0.5, 0.6) is 0 Å². The summed E-state index contributed by atoms with van der Waals surface area (Å²) in [6, 6.07) is 2.03. The molecule has 0 unspecified atom stereocenters. The minimum atomic E-state index is -0.0438. The second-order valence-electron chi connectivity index (χ2n) is 5.21. The van der Waals surface area contributed by atoms with Crippen LogP contribution >= 0.6 is 23.1 Å². The molecule has 1 atom stereocenters. The largest absolute Gasteiger partial charge is 0.410 e. The first kappa shape index (κ1) is 15.2. The predicted molar refractivity (Wildman–Crippen MR) is 85.0 cm³/mol. The fraction of sp³-hybridized carbons (Fsp3) is 0.429. The van der Waals surface area contributed by atoms with Gasteiger partial charge >= 0.3 is 0 Å². The van der Waals surface area contributed by atoms with Crippen LogP contribution in [0.25, 0.3) is 10.8 Å². The van der Waals surface area contributed by atoms with E-state index in [0.717, 1.165) is 10.4 Å². The highest BCUT2D eigenvalue weighted by molar-refractivity contribution is 7.99. The smallest absolute Gasteiger partial charge is 0.277 e. The van der Waals surface area contributed by atoms with Gasteiger partial charge in [-0.2, -0.15) is 4.98 Å². The Morgan fingerprint density at radius 3 is 2.68 bits per heavy atom. The summed E-state index contributed by atoms with van der Waals surface area (Å²) < 4.78 is 11.0. The van der Waals surface area contributed by atoms with Gasteiger partial charge in [-0.25, -0.2) is 0 Å². The van der Waals surface area contributed by atoms with E-state index in [9.17, 15) is 0 Å². The number of nitrogens with zero attached hydrogens (tertiary/aromatic N) is 4. The highest BCUT2D eigenvalue weighted by Crippen LogP contribution is 2.36. The number of hydrogen-bond donors (Lipinski definition) is 0. The molecule has 0 bridgehead atoms. The van der Waals surface area contributed by atoms with E-state index in [4.69, 9.17) is 8.94 Å². The maximum absolute atomic E-state index is 5.72. The molecule has 0 amide bonds. The molecule has 0 spiro atoms. The van der Waals surface area contributed by atoms with Gasteiger partial charge in [-0.3, -0.25) is 0 Å². The van der Waals surface area contributed by atoms with Crippen molar-refractivity contribution in [3.8, 4) is 10.8 Å². The molecule has 22 heavy (non-hydrogen) atoms. The van der Waals surface area contributed by atoms with Gasteiger partial charge in [0.1, 0.15) is 0 Å². The van der Waals surface area contributed by atoms with Crippen molar-refractivity contribution in [3.63, 3.8) is 0 Å². The Balaban J connectivity index is 1.73. The average molecular weight is 336 g/mol. The van der Waals surface area contributed by atoms with Crippen LogP contribution in [0.1, 0.15) is 49.2 Å². The first-order valence-corrected chi connectivity index (χ1v) is 8.68. The van der Waals surface area contributed by atoms with Gasteiger partial charge in [-0.1, -0.05) is 30.8 Å². The number of thioether (sulfide) groups is 1. The molecule has 0 aromatic carbocycles. The van der Waals surface area contributed by atoms with E-state index in [1.807, 2.05) is 39.1 Å². The summed E-state index contributed by atoms with van der Waals surface area (Å²) in [5.74, 6) is 2.07. The lowest BCUT2D eigenvalue weighted by Gasteiger charge is -2.01. The molecular formula is C14H16N4O2S2.